The maximum Gasteiger partial charge on any atom is 0.246 e. The summed E-state index contributed by atoms with van der Waals surface area (Å²) in [4.78, 5) is 26.5. The highest BCUT2D eigenvalue weighted by Gasteiger charge is 2.26. The molecule has 1 fully saturated rings. The third-order valence-corrected chi connectivity index (χ3v) is 5.10. The Morgan fingerprint density at radius 3 is 2.54 bits per heavy atom. The van der Waals surface area contributed by atoms with E-state index in [1.54, 1.807) is 24.0 Å². The number of piperidine rings is 1. The zero-order valence-corrected chi connectivity index (χ0v) is 16.0. The highest BCUT2D eigenvalue weighted by atomic mass is 19.1. The Balaban J connectivity index is 1.45. The number of nitrogens with zero attached hydrogens (tertiary/aromatic N) is 1. The first-order valence-electron chi connectivity index (χ1n) is 9.57. The number of hydrogen-bond acceptors (Lipinski definition) is 2. The minimum absolute atomic E-state index is 0.0298. The van der Waals surface area contributed by atoms with Gasteiger partial charge in [0.05, 0.1) is 0 Å². The Bertz CT molecular complexity index is 856. The molecule has 0 saturated carbocycles. The lowest BCUT2D eigenvalue weighted by Crippen LogP contribution is -2.42. The fourth-order valence-electron chi connectivity index (χ4n) is 3.28. The predicted molar refractivity (Wildman–Crippen MR) is 108 cm³/mol. The van der Waals surface area contributed by atoms with Gasteiger partial charge in [-0.05, 0) is 48.6 Å². The normalized spacial score (nSPS) is 15.0. The molecule has 3 rings (SSSR count). The van der Waals surface area contributed by atoms with Crippen molar-refractivity contribution in [1.29, 1.82) is 0 Å². The molecule has 2 aromatic rings. The summed E-state index contributed by atoms with van der Waals surface area (Å²) in [6, 6.07) is 14.7. The molecule has 0 atom stereocenters. The van der Waals surface area contributed by atoms with Gasteiger partial charge in [-0.15, -0.1) is 0 Å². The molecule has 2 amide bonds. The first-order chi connectivity index (χ1) is 13.5. The zero-order valence-electron chi connectivity index (χ0n) is 16.0. The number of rotatable bonds is 5. The van der Waals surface area contributed by atoms with Crippen molar-refractivity contribution in [3.8, 4) is 0 Å². The average Bonchev–Trinajstić information content (AvgIpc) is 2.73. The summed E-state index contributed by atoms with van der Waals surface area (Å²) in [5, 5.41) is 2.88. The lowest BCUT2D eigenvalue weighted by atomic mass is 9.95. The first kappa shape index (κ1) is 19.8. The number of aryl methyl sites for hydroxylation is 1. The third-order valence-electron chi connectivity index (χ3n) is 5.10. The van der Waals surface area contributed by atoms with E-state index in [9.17, 15) is 14.0 Å². The molecule has 1 N–H and O–H groups in total. The second kappa shape index (κ2) is 9.31. The van der Waals surface area contributed by atoms with Gasteiger partial charge in [-0.2, -0.15) is 0 Å². The van der Waals surface area contributed by atoms with Crippen molar-refractivity contribution in [1.82, 2.24) is 10.2 Å². The zero-order chi connectivity index (χ0) is 19.9. The van der Waals surface area contributed by atoms with E-state index >= 15 is 0 Å². The standard InChI is InChI=1S/C23H25FN2O2/c1-17-7-8-19(15-21(17)24)16-25-23(28)20-11-13-26(14-12-20)22(27)10-9-18-5-3-2-4-6-18/h2-10,15,20H,11-14,16H2,1H3,(H,25,28)/b10-9+. The van der Waals surface area contributed by atoms with Gasteiger partial charge in [-0.1, -0.05) is 42.5 Å². The SMILES string of the molecule is Cc1ccc(CNC(=O)C2CCN(C(=O)/C=C/c3ccccc3)CC2)cc1F. The number of halogens is 1. The summed E-state index contributed by atoms with van der Waals surface area (Å²) in [5.74, 6) is -0.440. The molecular weight excluding hydrogens is 355 g/mol. The summed E-state index contributed by atoms with van der Waals surface area (Å²) >= 11 is 0. The van der Waals surface area contributed by atoms with Crippen molar-refractivity contribution in [2.75, 3.05) is 13.1 Å². The van der Waals surface area contributed by atoms with Crippen LogP contribution in [0, 0.1) is 18.7 Å². The molecule has 1 aliphatic heterocycles. The molecule has 4 nitrogen and oxygen atoms in total. The maximum atomic E-state index is 13.6. The van der Waals surface area contributed by atoms with Gasteiger partial charge in [-0.25, -0.2) is 4.39 Å². The number of carbonyl (C=O) groups excluding carboxylic acids is 2. The van der Waals surface area contributed by atoms with Gasteiger partial charge in [0.25, 0.3) is 0 Å². The fraction of sp³-hybridized carbons (Fsp3) is 0.304. The number of likely N-dealkylation sites (tertiary alicyclic amines) is 1. The molecule has 2 aromatic carbocycles. The van der Waals surface area contributed by atoms with Gasteiger partial charge in [0.15, 0.2) is 0 Å². The summed E-state index contributed by atoms with van der Waals surface area (Å²) < 4.78 is 13.6. The van der Waals surface area contributed by atoms with E-state index in [2.05, 4.69) is 5.32 Å². The second-order valence-electron chi connectivity index (χ2n) is 7.14. The van der Waals surface area contributed by atoms with Crippen LogP contribution in [0.15, 0.2) is 54.6 Å². The van der Waals surface area contributed by atoms with Crippen LogP contribution in [0.25, 0.3) is 6.08 Å². The van der Waals surface area contributed by atoms with Crippen molar-refractivity contribution in [2.45, 2.75) is 26.3 Å². The molecule has 28 heavy (non-hydrogen) atoms. The molecular formula is C23H25FN2O2. The van der Waals surface area contributed by atoms with Crippen molar-refractivity contribution >= 4 is 17.9 Å². The molecule has 0 bridgehead atoms. The summed E-state index contributed by atoms with van der Waals surface area (Å²) in [6.07, 6.45) is 4.67. The molecule has 1 aliphatic rings. The monoisotopic (exact) mass is 380 g/mol. The summed E-state index contributed by atoms with van der Waals surface area (Å²) in [7, 11) is 0. The number of hydrogen-bond donors (Lipinski definition) is 1. The van der Waals surface area contributed by atoms with Gasteiger partial charge >= 0.3 is 0 Å². The quantitative estimate of drug-likeness (QED) is 0.804. The molecule has 1 saturated heterocycles. The van der Waals surface area contributed by atoms with Gasteiger partial charge in [0.2, 0.25) is 11.8 Å². The van der Waals surface area contributed by atoms with Crippen molar-refractivity contribution in [3.05, 3.63) is 77.1 Å². The topological polar surface area (TPSA) is 49.4 Å². The molecule has 0 spiro atoms. The Hall–Kier alpha value is -2.95. The summed E-state index contributed by atoms with van der Waals surface area (Å²) in [5.41, 5.74) is 2.32. The molecule has 1 heterocycles. The van der Waals surface area contributed by atoms with Crippen LogP contribution in [0.5, 0.6) is 0 Å². The van der Waals surface area contributed by atoms with Gasteiger partial charge in [0, 0.05) is 31.6 Å². The van der Waals surface area contributed by atoms with E-state index in [4.69, 9.17) is 0 Å². The van der Waals surface area contributed by atoms with E-state index in [0.29, 0.717) is 38.0 Å². The number of carbonyl (C=O) groups is 2. The van der Waals surface area contributed by atoms with E-state index in [1.807, 2.05) is 42.5 Å². The number of nitrogens with one attached hydrogen (secondary N) is 1. The van der Waals surface area contributed by atoms with Crippen LogP contribution in [0.3, 0.4) is 0 Å². The number of benzene rings is 2. The maximum absolute atomic E-state index is 13.6. The van der Waals surface area contributed by atoms with Crippen LogP contribution in [0.2, 0.25) is 0 Å². The third kappa shape index (κ3) is 5.28. The molecule has 0 radical (unpaired) electrons. The Morgan fingerprint density at radius 1 is 1.14 bits per heavy atom. The van der Waals surface area contributed by atoms with Crippen molar-refractivity contribution in [3.63, 3.8) is 0 Å². The highest BCUT2D eigenvalue weighted by molar-refractivity contribution is 5.92. The lowest BCUT2D eigenvalue weighted by Gasteiger charge is -2.30. The Labute approximate surface area is 165 Å². The fourth-order valence-corrected chi connectivity index (χ4v) is 3.28. The summed E-state index contributed by atoms with van der Waals surface area (Å²) in [6.45, 7) is 3.15. The van der Waals surface area contributed by atoms with Gasteiger partial charge < -0.3 is 10.2 Å². The van der Waals surface area contributed by atoms with E-state index in [1.165, 1.54) is 6.07 Å². The van der Waals surface area contributed by atoms with Crippen LogP contribution in [-0.4, -0.2) is 29.8 Å². The molecule has 0 aromatic heterocycles. The highest BCUT2D eigenvalue weighted by Crippen LogP contribution is 2.18. The molecule has 146 valence electrons. The van der Waals surface area contributed by atoms with Crippen LogP contribution >= 0.6 is 0 Å². The molecule has 5 heteroatoms. The van der Waals surface area contributed by atoms with Crippen LogP contribution < -0.4 is 5.32 Å². The molecule has 0 aliphatic carbocycles. The predicted octanol–water partition coefficient (Wildman–Crippen LogP) is 3.70. The largest absolute Gasteiger partial charge is 0.352 e. The second-order valence-corrected chi connectivity index (χ2v) is 7.14. The van der Waals surface area contributed by atoms with Crippen molar-refractivity contribution in [2.24, 2.45) is 5.92 Å². The van der Waals surface area contributed by atoms with Crippen molar-refractivity contribution < 1.29 is 14.0 Å². The Morgan fingerprint density at radius 2 is 1.86 bits per heavy atom. The average molecular weight is 380 g/mol. The minimum Gasteiger partial charge on any atom is -0.352 e. The number of amides is 2. The van der Waals surface area contributed by atoms with Crippen LogP contribution in [0.1, 0.15) is 29.5 Å². The molecule has 0 unspecified atom stereocenters. The van der Waals surface area contributed by atoms with E-state index in [-0.39, 0.29) is 23.5 Å². The first-order valence-corrected chi connectivity index (χ1v) is 9.57. The lowest BCUT2D eigenvalue weighted by molar-refractivity contribution is -0.132. The van der Waals surface area contributed by atoms with Gasteiger partial charge in [0.1, 0.15) is 5.82 Å². The van der Waals surface area contributed by atoms with Crippen LogP contribution in [0.4, 0.5) is 4.39 Å². The minimum atomic E-state index is -0.262. The van der Waals surface area contributed by atoms with Gasteiger partial charge in [-0.3, -0.25) is 9.59 Å². The smallest absolute Gasteiger partial charge is 0.246 e. The van der Waals surface area contributed by atoms with E-state index < -0.39 is 0 Å². The van der Waals surface area contributed by atoms with E-state index in [0.717, 1.165) is 11.1 Å². The van der Waals surface area contributed by atoms with Crippen LogP contribution in [-0.2, 0) is 16.1 Å². The Kier molecular flexibility index (Phi) is 6.58.